The van der Waals surface area contributed by atoms with Crippen LogP contribution in [0.1, 0.15) is 30.0 Å². The number of aromatic amines is 1. The summed E-state index contributed by atoms with van der Waals surface area (Å²) in [6, 6.07) is 10.9. The highest BCUT2D eigenvalue weighted by molar-refractivity contribution is 7.99. The summed E-state index contributed by atoms with van der Waals surface area (Å²) in [6.45, 7) is 7.65. The van der Waals surface area contributed by atoms with E-state index < -0.39 is 5.56 Å². The number of rotatable bonds is 7. The van der Waals surface area contributed by atoms with Crippen molar-refractivity contribution in [1.82, 2.24) is 15.2 Å². The molecule has 3 rings (SSSR count). The van der Waals surface area contributed by atoms with Crippen molar-refractivity contribution in [3.63, 3.8) is 0 Å². The molecule has 1 aromatic heterocycles. The van der Waals surface area contributed by atoms with Gasteiger partial charge in [-0.15, -0.1) is 10.2 Å². The van der Waals surface area contributed by atoms with Gasteiger partial charge in [0.15, 0.2) is 10.9 Å². The van der Waals surface area contributed by atoms with E-state index in [0.29, 0.717) is 17.7 Å². The lowest BCUT2D eigenvalue weighted by Gasteiger charge is -2.12. The van der Waals surface area contributed by atoms with Gasteiger partial charge in [-0.2, -0.15) is 0 Å². The van der Waals surface area contributed by atoms with E-state index in [1.165, 1.54) is 0 Å². The fourth-order valence-corrected chi connectivity index (χ4v) is 3.89. The van der Waals surface area contributed by atoms with Gasteiger partial charge >= 0.3 is 0 Å². The van der Waals surface area contributed by atoms with Crippen molar-refractivity contribution in [1.29, 1.82) is 0 Å². The van der Waals surface area contributed by atoms with E-state index in [4.69, 9.17) is 0 Å². The minimum atomic E-state index is -0.452. The SMILES string of the molecule is CCC(=O)Nc1ccccc1-c1nnc(SCC(=O)Nc2c(C)cc(C)cc2C)[nH]c1=O. The molecule has 0 atom stereocenters. The van der Waals surface area contributed by atoms with Crippen molar-refractivity contribution < 1.29 is 9.59 Å². The highest BCUT2D eigenvalue weighted by atomic mass is 32.2. The third kappa shape index (κ3) is 5.61. The number of aryl methyl sites for hydroxylation is 3. The van der Waals surface area contributed by atoms with Crippen LogP contribution in [0.5, 0.6) is 0 Å². The summed E-state index contributed by atoms with van der Waals surface area (Å²) in [6.07, 6.45) is 0.315. The molecule has 3 aromatic rings. The lowest BCUT2D eigenvalue weighted by atomic mass is 10.1. The lowest BCUT2D eigenvalue weighted by molar-refractivity contribution is -0.116. The van der Waals surface area contributed by atoms with Gasteiger partial charge in [0, 0.05) is 17.7 Å². The maximum atomic E-state index is 12.6. The molecule has 0 fully saturated rings. The van der Waals surface area contributed by atoms with E-state index in [1.807, 2.05) is 32.9 Å². The first-order chi connectivity index (χ1) is 15.3. The predicted molar refractivity (Wildman–Crippen MR) is 127 cm³/mol. The van der Waals surface area contributed by atoms with Gasteiger partial charge in [0.2, 0.25) is 11.8 Å². The van der Waals surface area contributed by atoms with Gasteiger partial charge in [0.05, 0.1) is 11.4 Å². The Morgan fingerprint density at radius 3 is 2.34 bits per heavy atom. The second-order valence-electron chi connectivity index (χ2n) is 7.37. The fraction of sp³-hybridized carbons (Fsp3) is 0.261. The summed E-state index contributed by atoms with van der Waals surface area (Å²) in [5.74, 6) is -0.302. The number of thioether (sulfide) groups is 1. The molecule has 0 bridgehead atoms. The number of carbonyl (C=O) groups excluding carboxylic acids is 2. The van der Waals surface area contributed by atoms with Crippen LogP contribution in [-0.2, 0) is 9.59 Å². The number of nitrogens with zero attached hydrogens (tertiary/aromatic N) is 2. The average molecular weight is 452 g/mol. The quantitative estimate of drug-likeness (QED) is 0.470. The Morgan fingerprint density at radius 2 is 1.69 bits per heavy atom. The van der Waals surface area contributed by atoms with Crippen LogP contribution in [0.4, 0.5) is 11.4 Å². The summed E-state index contributed by atoms with van der Waals surface area (Å²) >= 11 is 1.09. The van der Waals surface area contributed by atoms with Crippen molar-refractivity contribution in [2.24, 2.45) is 0 Å². The second kappa shape index (κ2) is 10.2. The number of amides is 2. The minimum absolute atomic E-state index is 0.0693. The Kier molecular flexibility index (Phi) is 7.42. The monoisotopic (exact) mass is 451 g/mol. The molecule has 0 saturated heterocycles. The minimum Gasteiger partial charge on any atom is -0.325 e. The largest absolute Gasteiger partial charge is 0.325 e. The summed E-state index contributed by atoms with van der Waals surface area (Å²) in [5, 5.41) is 14.0. The van der Waals surface area contributed by atoms with E-state index in [2.05, 4.69) is 25.8 Å². The smallest absolute Gasteiger partial charge is 0.278 e. The zero-order valence-corrected chi connectivity index (χ0v) is 19.2. The summed E-state index contributed by atoms with van der Waals surface area (Å²) in [7, 11) is 0. The Bertz CT molecular complexity index is 1200. The topological polar surface area (TPSA) is 117 Å². The molecule has 0 radical (unpaired) electrons. The van der Waals surface area contributed by atoms with Gasteiger partial charge in [-0.25, -0.2) is 0 Å². The summed E-state index contributed by atoms with van der Waals surface area (Å²) in [5.41, 5.74) is 4.52. The first-order valence-electron chi connectivity index (χ1n) is 10.1. The number of H-pyrrole nitrogens is 1. The first kappa shape index (κ1) is 23.2. The molecule has 2 aromatic carbocycles. The van der Waals surface area contributed by atoms with Crippen LogP contribution < -0.4 is 16.2 Å². The van der Waals surface area contributed by atoms with E-state index in [1.54, 1.807) is 31.2 Å². The number of aromatic nitrogens is 3. The number of hydrogen-bond donors (Lipinski definition) is 3. The van der Waals surface area contributed by atoms with E-state index >= 15 is 0 Å². The van der Waals surface area contributed by atoms with Crippen molar-refractivity contribution in [2.75, 3.05) is 16.4 Å². The lowest BCUT2D eigenvalue weighted by Crippen LogP contribution is -2.18. The summed E-state index contributed by atoms with van der Waals surface area (Å²) < 4.78 is 0. The Balaban J connectivity index is 1.71. The molecule has 0 aliphatic rings. The Morgan fingerprint density at radius 1 is 1.00 bits per heavy atom. The number of benzene rings is 2. The average Bonchev–Trinajstić information content (AvgIpc) is 2.75. The summed E-state index contributed by atoms with van der Waals surface area (Å²) in [4.78, 5) is 39.5. The van der Waals surface area contributed by atoms with Gasteiger partial charge in [-0.1, -0.05) is 54.6 Å². The molecular weight excluding hydrogens is 426 g/mol. The van der Waals surface area contributed by atoms with Crippen molar-refractivity contribution in [2.45, 2.75) is 39.3 Å². The van der Waals surface area contributed by atoms with E-state index in [0.717, 1.165) is 34.1 Å². The molecule has 2 amide bonds. The number of carbonyl (C=O) groups is 2. The van der Waals surface area contributed by atoms with Crippen LogP contribution in [0.3, 0.4) is 0 Å². The Hall–Kier alpha value is -3.46. The maximum absolute atomic E-state index is 12.6. The van der Waals surface area contributed by atoms with Crippen LogP contribution >= 0.6 is 11.8 Å². The predicted octanol–water partition coefficient (Wildman–Crippen LogP) is 3.84. The van der Waals surface area contributed by atoms with Crippen molar-refractivity contribution in [3.8, 4) is 11.3 Å². The van der Waals surface area contributed by atoms with Gasteiger partial charge < -0.3 is 10.6 Å². The first-order valence-corrected chi connectivity index (χ1v) is 11.1. The zero-order chi connectivity index (χ0) is 23.3. The molecule has 32 heavy (non-hydrogen) atoms. The molecule has 3 N–H and O–H groups in total. The molecule has 0 saturated carbocycles. The van der Waals surface area contributed by atoms with Crippen molar-refractivity contribution >= 4 is 35.0 Å². The van der Waals surface area contributed by atoms with Gasteiger partial charge in [-0.05, 0) is 38.0 Å². The molecule has 0 aliphatic carbocycles. The molecule has 1 heterocycles. The van der Waals surface area contributed by atoms with Crippen LogP contribution in [0.2, 0.25) is 0 Å². The number of hydrogen-bond acceptors (Lipinski definition) is 6. The second-order valence-corrected chi connectivity index (χ2v) is 8.33. The molecule has 0 spiro atoms. The van der Waals surface area contributed by atoms with Crippen LogP contribution in [0, 0.1) is 20.8 Å². The normalized spacial score (nSPS) is 10.6. The van der Waals surface area contributed by atoms with Gasteiger partial charge in [0.1, 0.15) is 0 Å². The standard InChI is InChI=1S/C23H25N5O3S/c1-5-18(29)24-17-9-7-6-8-16(17)21-22(31)26-23(28-27-21)32-12-19(30)25-20-14(3)10-13(2)11-15(20)4/h6-11H,5,12H2,1-4H3,(H,24,29)(H,25,30)(H,26,28,31). The molecule has 9 heteroatoms. The number of nitrogens with one attached hydrogen (secondary N) is 3. The van der Waals surface area contributed by atoms with Crippen LogP contribution in [0.25, 0.3) is 11.3 Å². The van der Waals surface area contributed by atoms with Crippen molar-refractivity contribution in [3.05, 3.63) is 63.4 Å². The highest BCUT2D eigenvalue weighted by Gasteiger charge is 2.15. The molecule has 0 unspecified atom stereocenters. The van der Waals surface area contributed by atoms with E-state index in [9.17, 15) is 14.4 Å². The maximum Gasteiger partial charge on any atom is 0.278 e. The zero-order valence-electron chi connectivity index (χ0n) is 18.4. The molecule has 8 nitrogen and oxygen atoms in total. The van der Waals surface area contributed by atoms with Gasteiger partial charge in [-0.3, -0.25) is 19.4 Å². The Labute approximate surface area is 190 Å². The van der Waals surface area contributed by atoms with Gasteiger partial charge in [0.25, 0.3) is 5.56 Å². The molecule has 166 valence electrons. The molecule has 0 aliphatic heterocycles. The fourth-order valence-electron chi connectivity index (χ4n) is 3.29. The third-order valence-corrected chi connectivity index (χ3v) is 5.60. The van der Waals surface area contributed by atoms with E-state index in [-0.39, 0.29) is 28.4 Å². The molecular formula is C23H25N5O3S. The third-order valence-electron chi connectivity index (χ3n) is 4.74. The van der Waals surface area contributed by atoms with Crippen LogP contribution in [-0.4, -0.2) is 32.7 Å². The highest BCUT2D eigenvalue weighted by Crippen LogP contribution is 2.25. The number of anilines is 2. The number of para-hydroxylation sites is 1. The van der Waals surface area contributed by atoms with Crippen LogP contribution in [0.15, 0.2) is 46.3 Å².